The van der Waals surface area contributed by atoms with Crippen LogP contribution >= 0.6 is 11.8 Å². The molecule has 0 radical (unpaired) electrons. The van der Waals surface area contributed by atoms with Crippen LogP contribution in [0.5, 0.6) is 0 Å². The van der Waals surface area contributed by atoms with Crippen molar-refractivity contribution in [2.45, 2.75) is 18.2 Å². The van der Waals surface area contributed by atoms with Gasteiger partial charge in [-0.05, 0) is 6.42 Å². The highest BCUT2D eigenvalue weighted by Gasteiger charge is 2.28. The van der Waals surface area contributed by atoms with E-state index >= 15 is 0 Å². The lowest BCUT2D eigenvalue weighted by Crippen LogP contribution is -2.26. The maximum atomic E-state index is 11.5. The molecular weight excluding hydrogens is 274 g/mol. The van der Waals surface area contributed by atoms with E-state index in [-0.39, 0.29) is 22.7 Å². The Kier molecular flexibility index (Phi) is 4.28. The minimum atomic E-state index is -2.86. The maximum Gasteiger partial charge on any atom is 0.230 e. The van der Waals surface area contributed by atoms with Crippen LogP contribution in [-0.2, 0) is 21.2 Å². The summed E-state index contributed by atoms with van der Waals surface area (Å²) in [5.74, 6) is 1.35. The number of aromatic amines is 1. The molecule has 100 valence electrons. The molecule has 1 saturated heterocycles. The van der Waals surface area contributed by atoms with E-state index in [1.165, 1.54) is 11.8 Å². The summed E-state index contributed by atoms with van der Waals surface area (Å²) < 4.78 is 22.5. The normalized spacial score (nSPS) is 21.9. The number of nitrogens with zero attached hydrogens (tertiary/aromatic N) is 1. The summed E-state index contributed by atoms with van der Waals surface area (Å²) in [5, 5.41) is 2.79. The van der Waals surface area contributed by atoms with Crippen LogP contribution in [0.15, 0.2) is 12.4 Å². The molecule has 1 fully saturated rings. The van der Waals surface area contributed by atoms with Crippen molar-refractivity contribution in [1.82, 2.24) is 15.3 Å². The molecule has 2 N–H and O–H groups in total. The van der Waals surface area contributed by atoms with E-state index < -0.39 is 9.84 Å². The molecule has 18 heavy (non-hydrogen) atoms. The number of sulfone groups is 1. The summed E-state index contributed by atoms with van der Waals surface area (Å²) in [6.45, 7) is 0.370. The molecule has 2 heterocycles. The van der Waals surface area contributed by atoms with E-state index in [2.05, 4.69) is 15.3 Å². The van der Waals surface area contributed by atoms with Crippen molar-refractivity contribution in [2.24, 2.45) is 0 Å². The highest BCUT2D eigenvalue weighted by Crippen LogP contribution is 2.23. The molecule has 1 aromatic heterocycles. The molecule has 2 rings (SSSR count). The van der Waals surface area contributed by atoms with E-state index in [0.717, 1.165) is 0 Å². The number of carbonyl (C=O) groups excluding carboxylic acids is 1. The van der Waals surface area contributed by atoms with E-state index in [4.69, 9.17) is 0 Å². The Labute approximate surface area is 110 Å². The fourth-order valence-corrected chi connectivity index (χ4v) is 5.19. The molecule has 1 amide bonds. The number of thioether (sulfide) groups is 1. The van der Waals surface area contributed by atoms with Gasteiger partial charge in [-0.1, -0.05) is 0 Å². The third-order valence-electron chi connectivity index (χ3n) is 2.65. The van der Waals surface area contributed by atoms with Gasteiger partial charge in [0, 0.05) is 17.6 Å². The summed E-state index contributed by atoms with van der Waals surface area (Å²) in [6, 6.07) is 0. The van der Waals surface area contributed by atoms with E-state index in [0.29, 0.717) is 24.5 Å². The summed E-state index contributed by atoms with van der Waals surface area (Å²) in [6.07, 6.45) is 3.97. The predicted octanol–water partition coefficient (Wildman–Crippen LogP) is -0.0538. The zero-order valence-corrected chi connectivity index (χ0v) is 11.4. The summed E-state index contributed by atoms with van der Waals surface area (Å²) in [5.41, 5.74) is 0. The first kappa shape index (κ1) is 13.4. The first-order valence-electron chi connectivity index (χ1n) is 5.62. The van der Waals surface area contributed by atoms with Crippen LogP contribution in [-0.4, -0.2) is 46.8 Å². The Bertz CT molecular complexity index is 498. The number of aromatic nitrogens is 2. The monoisotopic (exact) mass is 289 g/mol. The lowest BCUT2D eigenvalue weighted by molar-refractivity contribution is -0.118. The third-order valence-corrected chi connectivity index (χ3v) is 5.93. The van der Waals surface area contributed by atoms with Crippen molar-refractivity contribution in [3.05, 3.63) is 18.2 Å². The Morgan fingerprint density at radius 3 is 3.06 bits per heavy atom. The van der Waals surface area contributed by atoms with Crippen molar-refractivity contribution in [3.8, 4) is 0 Å². The number of carbonyl (C=O) groups is 1. The second-order valence-corrected chi connectivity index (χ2v) is 7.67. The number of hydrogen-bond donors (Lipinski definition) is 2. The molecule has 0 bridgehead atoms. The van der Waals surface area contributed by atoms with Crippen molar-refractivity contribution in [2.75, 3.05) is 17.3 Å². The molecule has 1 aromatic rings. The van der Waals surface area contributed by atoms with Crippen molar-refractivity contribution >= 4 is 27.5 Å². The van der Waals surface area contributed by atoms with Gasteiger partial charge >= 0.3 is 0 Å². The first-order valence-corrected chi connectivity index (χ1v) is 8.49. The van der Waals surface area contributed by atoms with Crippen LogP contribution in [0.25, 0.3) is 0 Å². The molecule has 1 aliphatic rings. The number of hydrogen-bond acceptors (Lipinski definition) is 5. The fourth-order valence-electron chi connectivity index (χ4n) is 1.71. The molecule has 0 aliphatic carbocycles. The highest BCUT2D eigenvalue weighted by molar-refractivity contribution is 8.02. The van der Waals surface area contributed by atoms with Crippen LogP contribution in [0.2, 0.25) is 0 Å². The van der Waals surface area contributed by atoms with E-state index in [9.17, 15) is 13.2 Å². The minimum Gasteiger partial charge on any atom is -0.348 e. The summed E-state index contributed by atoms with van der Waals surface area (Å²) in [4.78, 5) is 18.4. The van der Waals surface area contributed by atoms with Crippen LogP contribution in [0, 0.1) is 0 Å². The number of rotatable bonds is 5. The van der Waals surface area contributed by atoms with Gasteiger partial charge in [-0.25, -0.2) is 13.4 Å². The van der Waals surface area contributed by atoms with Gasteiger partial charge in [0.2, 0.25) is 5.91 Å². The van der Waals surface area contributed by atoms with Crippen LogP contribution in [0.4, 0.5) is 0 Å². The van der Waals surface area contributed by atoms with Gasteiger partial charge in [-0.2, -0.15) is 0 Å². The Hall–Kier alpha value is -1.02. The fraction of sp³-hybridized carbons (Fsp3) is 0.600. The van der Waals surface area contributed by atoms with Gasteiger partial charge in [0.15, 0.2) is 9.84 Å². The van der Waals surface area contributed by atoms with E-state index in [1.807, 2.05) is 0 Å². The minimum absolute atomic E-state index is 0.0596. The average molecular weight is 289 g/mol. The lowest BCUT2D eigenvalue weighted by atomic mass is 10.4. The van der Waals surface area contributed by atoms with Gasteiger partial charge < -0.3 is 10.3 Å². The molecular formula is C10H15N3O3S2. The second kappa shape index (κ2) is 5.75. The molecule has 8 heteroatoms. The third kappa shape index (κ3) is 4.02. The van der Waals surface area contributed by atoms with Gasteiger partial charge in [-0.3, -0.25) is 4.79 Å². The first-order chi connectivity index (χ1) is 8.55. The van der Waals surface area contributed by atoms with Gasteiger partial charge in [0.25, 0.3) is 0 Å². The Balaban J connectivity index is 1.66. The van der Waals surface area contributed by atoms with Crippen LogP contribution in [0.3, 0.4) is 0 Å². The standard InChI is InChI=1S/C10H15N3O3S2/c14-10(13-5-9-11-2-3-12-9)6-17-8-1-4-18(15,16)7-8/h2-3,8H,1,4-7H2,(H,11,12)(H,13,14). The largest absolute Gasteiger partial charge is 0.348 e. The number of nitrogens with one attached hydrogen (secondary N) is 2. The highest BCUT2D eigenvalue weighted by atomic mass is 32.2. The Morgan fingerprint density at radius 1 is 1.61 bits per heavy atom. The smallest absolute Gasteiger partial charge is 0.230 e. The summed E-state index contributed by atoms with van der Waals surface area (Å²) >= 11 is 1.41. The van der Waals surface area contributed by atoms with Crippen molar-refractivity contribution < 1.29 is 13.2 Å². The molecule has 6 nitrogen and oxygen atoms in total. The molecule has 0 spiro atoms. The SMILES string of the molecule is O=C(CSC1CCS(=O)(=O)C1)NCc1ncc[nH]1. The van der Waals surface area contributed by atoms with Crippen molar-refractivity contribution in [3.63, 3.8) is 0 Å². The molecule has 1 atom stereocenters. The lowest BCUT2D eigenvalue weighted by Gasteiger charge is -2.07. The van der Waals surface area contributed by atoms with E-state index in [1.54, 1.807) is 12.4 Å². The quantitative estimate of drug-likeness (QED) is 0.792. The zero-order chi connectivity index (χ0) is 13.0. The van der Waals surface area contributed by atoms with Gasteiger partial charge in [0.05, 0.1) is 23.8 Å². The maximum absolute atomic E-state index is 11.5. The zero-order valence-electron chi connectivity index (χ0n) is 9.76. The summed E-state index contributed by atoms with van der Waals surface area (Å²) in [7, 11) is -2.86. The molecule has 1 aliphatic heterocycles. The Morgan fingerprint density at radius 2 is 2.44 bits per heavy atom. The second-order valence-electron chi connectivity index (χ2n) is 4.15. The topological polar surface area (TPSA) is 91.9 Å². The van der Waals surface area contributed by atoms with Crippen molar-refractivity contribution in [1.29, 1.82) is 0 Å². The average Bonchev–Trinajstić information content (AvgIpc) is 2.93. The van der Waals surface area contributed by atoms with Crippen LogP contribution in [0.1, 0.15) is 12.2 Å². The predicted molar refractivity (Wildman–Crippen MR) is 70.0 cm³/mol. The number of H-pyrrole nitrogens is 1. The molecule has 1 unspecified atom stereocenters. The number of amides is 1. The molecule has 0 saturated carbocycles. The molecule has 0 aromatic carbocycles. The van der Waals surface area contributed by atoms with Gasteiger partial charge in [-0.15, -0.1) is 11.8 Å². The number of imidazole rings is 1. The van der Waals surface area contributed by atoms with Crippen LogP contribution < -0.4 is 5.32 Å². The van der Waals surface area contributed by atoms with Gasteiger partial charge in [0.1, 0.15) is 5.82 Å².